The van der Waals surface area contributed by atoms with Crippen molar-refractivity contribution in [3.8, 4) is 0 Å². The zero-order chi connectivity index (χ0) is 15.1. The van der Waals surface area contributed by atoms with E-state index >= 15 is 0 Å². The summed E-state index contributed by atoms with van der Waals surface area (Å²) in [5.74, 6) is 0.486. The molecule has 22 heavy (non-hydrogen) atoms. The van der Waals surface area contributed by atoms with Gasteiger partial charge < -0.3 is 8.94 Å². The van der Waals surface area contributed by atoms with Crippen molar-refractivity contribution in [1.82, 2.24) is 5.16 Å². The van der Waals surface area contributed by atoms with Crippen molar-refractivity contribution >= 4 is 22.8 Å². The molecule has 1 aliphatic rings. The molecule has 0 unspecified atom stereocenters. The number of furan rings is 1. The van der Waals surface area contributed by atoms with Gasteiger partial charge in [-0.25, -0.2) is 0 Å². The van der Waals surface area contributed by atoms with E-state index in [-0.39, 0.29) is 5.91 Å². The molecule has 1 aliphatic carbocycles. The minimum Gasteiger partial charge on any atom is -0.451 e. The van der Waals surface area contributed by atoms with Gasteiger partial charge in [-0.3, -0.25) is 10.1 Å². The second kappa shape index (κ2) is 5.02. The molecule has 0 atom stereocenters. The number of carbonyl (C=O) groups is 1. The summed E-state index contributed by atoms with van der Waals surface area (Å²) in [4.78, 5) is 12.5. The SMILES string of the molecule is Cc1c(C(=O)Nc2onc3c2CCCC3)oc2ccccc12. The van der Waals surface area contributed by atoms with Gasteiger partial charge in [-0.05, 0) is 38.7 Å². The van der Waals surface area contributed by atoms with E-state index in [1.807, 2.05) is 31.2 Å². The molecule has 112 valence electrons. The van der Waals surface area contributed by atoms with Crippen LogP contribution >= 0.6 is 0 Å². The lowest BCUT2D eigenvalue weighted by molar-refractivity contribution is 0.0994. The quantitative estimate of drug-likeness (QED) is 0.779. The van der Waals surface area contributed by atoms with E-state index in [2.05, 4.69) is 10.5 Å². The Morgan fingerprint density at radius 1 is 1.23 bits per heavy atom. The van der Waals surface area contributed by atoms with Gasteiger partial charge in [0.25, 0.3) is 5.91 Å². The Balaban J connectivity index is 1.66. The minimum atomic E-state index is -0.293. The van der Waals surface area contributed by atoms with Gasteiger partial charge in [-0.1, -0.05) is 23.4 Å². The second-order valence-corrected chi connectivity index (χ2v) is 5.65. The molecule has 3 aromatic rings. The molecule has 2 aromatic heterocycles. The number of hydrogen-bond acceptors (Lipinski definition) is 4. The summed E-state index contributed by atoms with van der Waals surface area (Å²) in [5.41, 5.74) is 3.53. The van der Waals surface area contributed by atoms with Crippen LogP contribution in [0.5, 0.6) is 0 Å². The van der Waals surface area contributed by atoms with Crippen LogP contribution in [0.15, 0.2) is 33.2 Å². The summed E-state index contributed by atoms with van der Waals surface area (Å²) in [5, 5.41) is 7.81. The maximum absolute atomic E-state index is 12.5. The molecule has 0 radical (unpaired) electrons. The van der Waals surface area contributed by atoms with Gasteiger partial charge in [0, 0.05) is 16.5 Å². The number of anilines is 1. The predicted molar refractivity (Wildman–Crippen MR) is 82.0 cm³/mol. The molecule has 0 bridgehead atoms. The summed E-state index contributed by atoms with van der Waals surface area (Å²) < 4.78 is 11.0. The average Bonchev–Trinajstić information content (AvgIpc) is 3.10. The van der Waals surface area contributed by atoms with Gasteiger partial charge in [0.05, 0.1) is 5.69 Å². The number of aromatic nitrogens is 1. The Morgan fingerprint density at radius 2 is 2.05 bits per heavy atom. The summed E-state index contributed by atoms with van der Waals surface area (Å²) >= 11 is 0. The van der Waals surface area contributed by atoms with Crippen LogP contribution < -0.4 is 5.32 Å². The summed E-state index contributed by atoms with van der Waals surface area (Å²) in [6, 6.07) is 7.62. The maximum atomic E-state index is 12.5. The Kier molecular flexibility index (Phi) is 2.99. The number of rotatable bonds is 2. The fraction of sp³-hybridized carbons (Fsp3) is 0.294. The number of amides is 1. The van der Waals surface area contributed by atoms with Gasteiger partial charge in [0.15, 0.2) is 5.76 Å². The highest BCUT2D eigenvalue weighted by molar-refractivity contribution is 6.06. The number of benzene rings is 1. The number of carbonyl (C=O) groups excluding carboxylic acids is 1. The average molecular weight is 296 g/mol. The molecule has 1 N–H and O–H groups in total. The number of nitrogens with one attached hydrogen (secondary N) is 1. The molecule has 0 aliphatic heterocycles. The van der Waals surface area contributed by atoms with Crippen LogP contribution in [-0.2, 0) is 12.8 Å². The summed E-state index contributed by atoms with van der Waals surface area (Å²) in [6.45, 7) is 1.89. The highest BCUT2D eigenvalue weighted by Crippen LogP contribution is 2.29. The summed E-state index contributed by atoms with van der Waals surface area (Å²) in [7, 11) is 0. The molecule has 0 spiro atoms. The minimum absolute atomic E-state index is 0.293. The Labute approximate surface area is 127 Å². The topological polar surface area (TPSA) is 68.3 Å². The molecular formula is C17H16N2O3. The van der Waals surface area contributed by atoms with E-state index in [0.29, 0.717) is 17.2 Å². The van der Waals surface area contributed by atoms with Gasteiger partial charge >= 0.3 is 0 Å². The molecule has 1 aromatic carbocycles. The molecule has 5 heteroatoms. The fourth-order valence-electron chi connectivity index (χ4n) is 3.04. The molecule has 0 saturated heterocycles. The molecular weight excluding hydrogens is 280 g/mol. The van der Waals surface area contributed by atoms with Crippen molar-refractivity contribution in [2.45, 2.75) is 32.6 Å². The van der Waals surface area contributed by atoms with Gasteiger partial charge in [-0.2, -0.15) is 0 Å². The number of fused-ring (bicyclic) bond motifs is 2. The maximum Gasteiger partial charge on any atom is 0.294 e. The van der Waals surface area contributed by atoms with Crippen LogP contribution in [0.4, 0.5) is 5.88 Å². The van der Waals surface area contributed by atoms with E-state index in [4.69, 9.17) is 8.94 Å². The molecule has 4 rings (SSSR count). The molecule has 2 heterocycles. The standard InChI is InChI=1S/C17H16N2O3/c1-10-11-6-3-5-9-14(11)21-15(10)16(20)18-17-12-7-2-4-8-13(12)19-22-17/h3,5-6,9H,2,4,7-8H2,1H3,(H,18,20). The monoisotopic (exact) mass is 296 g/mol. The van der Waals surface area contributed by atoms with E-state index in [1.165, 1.54) is 0 Å². The first kappa shape index (κ1) is 13.1. The Hall–Kier alpha value is -2.56. The van der Waals surface area contributed by atoms with Gasteiger partial charge in [-0.15, -0.1) is 0 Å². The highest BCUT2D eigenvalue weighted by Gasteiger charge is 2.23. The van der Waals surface area contributed by atoms with Crippen molar-refractivity contribution in [2.24, 2.45) is 0 Å². The predicted octanol–water partition coefficient (Wildman–Crippen LogP) is 3.86. The van der Waals surface area contributed by atoms with Crippen LogP contribution in [0.2, 0.25) is 0 Å². The number of nitrogens with zero attached hydrogens (tertiary/aromatic N) is 1. The smallest absolute Gasteiger partial charge is 0.294 e. The van der Waals surface area contributed by atoms with Crippen molar-refractivity contribution in [3.05, 3.63) is 46.8 Å². The van der Waals surface area contributed by atoms with E-state index in [0.717, 1.165) is 47.9 Å². The van der Waals surface area contributed by atoms with Crippen LogP contribution in [-0.4, -0.2) is 11.1 Å². The third-order valence-electron chi connectivity index (χ3n) is 4.24. The molecule has 1 amide bonds. The van der Waals surface area contributed by atoms with Crippen molar-refractivity contribution < 1.29 is 13.7 Å². The van der Waals surface area contributed by atoms with Crippen molar-refractivity contribution in [3.63, 3.8) is 0 Å². The van der Waals surface area contributed by atoms with Crippen LogP contribution in [0, 0.1) is 6.92 Å². The lowest BCUT2D eigenvalue weighted by Gasteiger charge is -2.09. The Morgan fingerprint density at radius 3 is 2.91 bits per heavy atom. The lowest BCUT2D eigenvalue weighted by Crippen LogP contribution is -2.13. The van der Waals surface area contributed by atoms with Gasteiger partial charge in [0.2, 0.25) is 5.88 Å². The third-order valence-corrected chi connectivity index (χ3v) is 4.24. The highest BCUT2D eigenvalue weighted by atomic mass is 16.5. The molecule has 5 nitrogen and oxygen atoms in total. The normalized spacial score (nSPS) is 14.0. The fourth-order valence-corrected chi connectivity index (χ4v) is 3.04. The van der Waals surface area contributed by atoms with Gasteiger partial charge in [0.1, 0.15) is 5.58 Å². The van der Waals surface area contributed by atoms with E-state index in [9.17, 15) is 4.79 Å². The van der Waals surface area contributed by atoms with E-state index in [1.54, 1.807) is 0 Å². The van der Waals surface area contributed by atoms with Crippen LogP contribution in [0.3, 0.4) is 0 Å². The summed E-state index contributed by atoms with van der Waals surface area (Å²) in [6.07, 6.45) is 4.03. The lowest BCUT2D eigenvalue weighted by atomic mass is 9.98. The van der Waals surface area contributed by atoms with Crippen molar-refractivity contribution in [1.29, 1.82) is 0 Å². The zero-order valence-corrected chi connectivity index (χ0v) is 12.3. The first-order chi connectivity index (χ1) is 10.7. The molecule has 0 fully saturated rings. The Bertz CT molecular complexity index is 860. The third kappa shape index (κ3) is 2.01. The van der Waals surface area contributed by atoms with Crippen molar-refractivity contribution in [2.75, 3.05) is 5.32 Å². The van der Waals surface area contributed by atoms with E-state index < -0.39 is 0 Å². The largest absolute Gasteiger partial charge is 0.451 e. The molecule has 0 saturated carbocycles. The number of para-hydroxylation sites is 1. The first-order valence-corrected chi connectivity index (χ1v) is 7.51. The van der Waals surface area contributed by atoms with Crippen LogP contribution in [0.25, 0.3) is 11.0 Å². The zero-order valence-electron chi connectivity index (χ0n) is 12.3. The van der Waals surface area contributed by atoms with Crippen LogP contribution in [0.1, 0.15) is 40.2 Å². The second-order valence-electron chi connectivity index (χ2n) is 5.65. The first-order valence-electron chi connectivity index (χ1n) is 7.51. The number of aryl methyl sites for hydroxylation is 2. The number of hydrogen-bond donors (Lipinski definition) is 1.